The molecule has 2 aromatic rings. The summed E-state index contributed by atoms with van der Waals surface area (Å²) in [6.07, 6.45) is -2.23. The average molecular weight is 339 g/mol. The Morgan fingerprint density at radius 3 is 2.46 bits per heavy atom. The number of rotatable bonds is 4. The molecule has 0 unspecified atom stereocenters. The monoisotopic (exact) mass is 339 g/mol. The van der Waals surface area contributed by atoms with Gasteiger partial charge in [-0.25, -0.2) is 9.97 Å². The van der Waals surface area contributed by atoms with Crippen LogP contribution in [0.4, 0.5) is 19.1 Å². The van der Waals surface area contributed by atoms with E-state index < -0.39 is 18.1 Å². The maximum atomic E-state index is 13.3. The van der Waals surface area contributed by atoms with Crippen molar-refractivity contribution in [3.63, 3.8) is 0 Å². The number of pyridine rings is 1. The number of halogens is 3. The van der Waals surface area contributed by atoms with Crippen molar-refractivity contribution in [1.29, 1.82) is 0 Å². The van der Waals surface area contributed by atoms with E-state index in [9.17, 15) is 18.0 Å². The van der Waals surface area contributed by atoms with Crippen LogP contribution in [0.1, 0.15) is 27.8 Å². The first-order chi connectivity index (χ1) is 11.2. The molecule has 2 rings (SSSR count). The van der Waals surface area contributed by atoms with Crippen LogP contribution in [0.2, 0.25) is 0 Å². The summed E-state index contributed by atoms with van der Waals surface area (Å²) in [5.41, 5.74) is -0.0271. The van der Waals surface area contributed by atoms with Crippen molar-refractivity contribution >= 4 is 11.9 Å². The van der Waals surface area contributed by atoms with Crippen molar-refractivity contribution in [1.82, 2.24) is 20.3 Å². The van der Waals surface area contributed by atoms with E-state index in [-0.39, 0.29) is 17.0 Å². The third-order valence-corrected chi connectivity index (χ3v) is 3.20. The molecule has 0 radical (unpaired) electrons. The Morgan fingerprint density at radius 1 is 1.25 bits per heavy atom. The Balaban J connectivity index is 2.29. The normalized spacial score (nSPS) is 12.6. The van der Waals surface area contributed by atoms with Crippen molar-refractivity contribution in [2.45, 2.75) is 19.1 Å². The fourth-order valence-electron chi connectivity index (χ4n) is 1.97. The van der Waals surface area contributed by atoms with Gasteiger partial charge in [0.1, 0.15) is 0 Å². The highest BCUT2D eigenvalue weighted by molar-refractivity contribution is 5.95. The van der Waals surface area contributed by atoms with Crippen molar-refractivity contribution < 1.29 is 18.0 Å². The van der Waals surface area contributed by atoms with Crippen molar-refractivity contribution in [2.24, 2.45) is 0 Å². The third-order valence-electron chi connectivity index (χ3n) is 3.20. The zero-order valence-electron chi connectivity index (χ0n) is 13.3. The SMILES string of the molecule is Cc1nc(N(C)C)ncc1C(=O)N[C@@H](c1ccccn1)C(F)(F)F. The average Bonchev–Trinajstić information content (AvgIpc) is 2.51. The lowest BCUT2D eigenvalue weighted by atomic mass is 10.1. The van der Waals surface area contributed by atoms with Gasteiger partial charge in [-0.2, -0.15) is 13.2 Å². The lowest BCUT2D eigenvalue weighted by Gasteiger charge is -2.21. The van der Waals surface area contributed by atoms with Gasteiger partial charge in [0.15, 0.2) is 6.04 Å². The molecule has 2 heterocycles. The van der Waals surface area contributed by atoms with Gasteiger partial charge in [0, 0.05) is 26.5 Å². The molecule has 0 fully saturated rings. The van der Waals surface area contributed by atoms with E-state index in [1.165, 1.54) is 37.5 Å². The summed E-state index contributed by atoms with van der Waals surface area (Å²) in [5, 5.41) is 1.96. The van der Waals surface area contributed by atoms with E-state index in [1.54, 1.807) is 19.0 Å². The van der Waals surface area contributed by atoms with Crippen molar-refractivity contribution in [2.75, 3.05) is 19.0 Å². The van der Waals surface area contributed by atoms with Crippen LogP contribution < -0.4 is 10.2 Å². The molecule has 0 saturated heterocycles. The van der Waals surface area contributed by atoms with Gasteiger partial charge >= 0.3 is 6.18 Å². The number of hydrogen-bond acceptors (Lipinski definition) is 5. The van der Waals surface area contributed by atoms with Gasteiger partial charge in [-0.3, -0.25) is 9.78 Å². The van der Waals surface area contributed by atoms with Crippen LogP contribution in [0, 0.1) is 6.92 Å². The minimum Gasteiger partial charge on any atom is -0.347 e. The zero-order chi connectivity index (χ0) is 17.9. The number of nitrogens with one attached hydrogen (secondary N) is 1. The van der Waals surface area contributed by atoms with Crippen LogP contribution in [0.3, 0.4) is 0 Å². The zero-order valence-corrected chi connectivity index (χ0v) is 13.3. The fraction of sp³-hybridized carbons (Fsp3) is 0.333. The lowest BCUT2D eigenvalue weighted by molar-refractivity contribution is -0.156. The molecule has 0 spiro atoms. The molecule has 1 N–H and O–H groups in total. The van der Waals surface area contributed by atoms with Gasteiger partial charge in [-0.15, -0.1) is 0 Å². The number of aryl methyl sites for hydroxylation is 1. The maximum Gasteiger partial charge on any atom is 0.414 e. The van der Waals surface area contributed by atoms with Gasteiger partial charge in [-0.05, 0) is 19.1 Å². The molecule has 0 aliphatic carbocycles. The van der Waals surface area contributed by atoms with E-state index in [0.717, 1.165) is 0 Å². The fourth-order valence-corrected chi connectivity index (χ4v) is 1.97. The largest absolute Gasteiger partial charge is 0.414 e. The summed E-state index contributed by atoms with van der Waals surface area (Å²) >= 11 is 0. The highest BCUT2D eigenvalue weighted by Crippen LogP contribution is 2.31. The summed E-state index contributed by atoms with van der Waals surface area (Å²) in [5.74, 6) is -0.549. The number of carbonyl (C=O) groups is 1. The molecule has 0 bridgehead atoms. The van der Waals surface area contributed by atoms with Crippen molar-refractivity contribution in [3.05, 3.63) is 47.5 Å². The first-order valence-electron chi connectivity index (χ1n) is 6.99. The van der Waals surface area contributed by atoms with E-state index in [2.05, 4.69) is 15.0 Å². The first-order valence-corrected chi connectivity index (χ1v) is 6.99. The van der Waals surface area contributed by atoms with Gasteiger partial charge in [0.05, 0.1) is 17.0 Å². The Labute approximate surface area is 136 Å². The van der Waals surface area contributed by atoms with Gasteiger partial charge in [-0.1, -0.05) is 6.07 Å². The summed E-state index contributed by atoms with van der Waals surface area (Å²) < 4.78 is 39.8. The smallest absolute Gasteiger partial charge is 0.347 e. The first kappa shape index (κ1) is 17.6. The van der Waals surface area contributed by atoms with E-state index >= 15 is 0 Å². The Hall–Kier alpha value is -2.71. The molecule has 0 aliphatic rings. The number of anilines is 1. The molecule has 9 heteroatoms. The van der Waals surface area contributed by atoms with Crippen LogP contribution >= 0.6 is 0 Å². The van der Waals surface area contributed by atoms with Crippen LogP contribution in [0.25, 0.3) is 0 Å². The van der Waals surface area contributed by atoms with E-state index in [4.69, 9.17) is 0 Å². The van der Waals surface area contributed by atoms with E-state index in [1.807, 2.05) is 5.32 Å². The van der Waals surface area contributed by atoms with Gasteiger partial charge in [0.25, 0.3) is 5.91 Å². The van der Waals surface area contributed by atoms with Crippen molar-refractivity contribution in [3.8, 4) is 0 Å². The maximum absolute atomic E-state index is 13.3. The second-order valence-electron chi connectivity index (χ2n) is 5.27. The highest BCUT2D eigenvalue weighted by atomic mass is 19.4. The van der Waals surface area contributed by atoms with Crippen LogP contribution in [-0.2, 0) is 0 Å². The van der Waals surface area contributed by atoms with E-state index in [0.29, 0.717) is 5.95 Å². The predicted molar refractivity (Wildman–Crippen MR) is 81.6 cm³/mol. The molecule has 128 valence electrons. The number of nitrogens with zero attached hydrogens (tertiary/aromatic N) is 4. The quantitative estimate of drug-likeness (QED) is 0.925. The van der Waals surface area contributed by atoms with Gasteiger partial charge in [0.2, 0.25) is 5.95 Å². The minimum atomic E-state index is -4.68. The molecule has 0 saturated carbocycles. The molecule has 1 amide bonds. The second-order valence-corrected chi connectivity index (χ2v) is 5.27. The molecule has 0 aliphatic heterocycles. The molecule has 6 nitrogen and oxygen atoms in total. The summed E-state index contributed by atoms with van der Waals surface area (Å²) in [6.45, 7) is 1.53. The standard InChI is InChI=1S/C15H16F3N5O/c1-9-10(8-20-14(21-9)23(2)3)13(24)22-12(15(16,17)18)11-6-4-5-7-19-11/h4-8,12H,1-3H3,(H,22,24)/t12-/m0/s1. The molecule has 1 atom stereocenters. The van der Waals surface area contributed by atoms with Crippen LogP contribution in [0.5, 0.6) is 0 Å². The van der Waals surface area contributed by atoms with Gasteiger partial charge < -0.3 is 10.2 Å². The summed E-state index contributed by atoms with van der Waals surface area (Å²) in [4.78, 5) is 25.6. The Bertz CT molecular complexity index is 719. The van der Waals surface area contributed by atoms with Crippen LogP contribution in [-0.4, -0.2) is 41.1 Å². The lowest BCUT2D eigenvalue weighted by Crippen LogP contribution is -2.39. The summed E-state index contributed by atoms with van der Waals surface area (Å²) in [6, 6.07) is 1.92. The number of carbonyl (C=O) groups excluding carboxylic acids is 1. The predicted octanol–water partition coefficient (Wildman–Crippen LogP) is 2.28. The number of amides is 1. The number of alkyl halides is 3. The number of hydrogen-bond donors (Lipinski definition) is 1. The Morgan fingerprint density at radius 2 is 1.96 bits per heavy atom. The molecule has 0 aromatic carbocycles. The minimum absolute atomic E-state index is 0.0224. The highest BCUT2D eigenvalue weighted by Gasteiger charge is 2.43. The molecule has 2 aromatic heterocycles. The molecular weight excluding hydrogens is 323 g/mol. The third kappa shape index (κ3) is 3.98. The molecular formula is C15H16F3N5O. The second kappa shape index (κ2) is 6.81. The Kier molecular flexibility index (Phi) is 5.01. The topological polar surface area (TPSA) is 71.0 Å². The van der Waals surface area contributed by atoms with Crippen LogP contribution in [0.15, 0.2) is 30.6 Å². The number of aromatic nitrogens is 3. The summed E-state index contributed by atoms with van der Waals surface area (Å²) in [7, 11) is 3.44. The molecule has 24 heavy (non-hydrogen) atoms.